The maximum absolute atomic E-state index is 5.92. The molecule has 2 N–H and O–H groups in total. The van der Waals surface area contributed by atoms with Gasteiger partial charge in [-0.15, -0.1) is 0 Å². The molecule has 9 nitrogen and oxygen atoms in total. The van der Waals surface area contributed by atoms with Crippen molar-refractivity contribution in [2.45, 2.75) is 0 Å². The van der Waals surface area contributed by atoms with Crippen LogP contribution >= 0.6 is 0 Å². The first-order chi connectivity index (χ1) is 15.0. The van der Waals surface area contributed by atoms with Gasteiger partial charge in [0.25, 0.3) is 0 Å². The Morgan fingerprint density at radius 3 is 1.42 bits per heavy atom. The van der Waals surface area contributed by atoms with E-state index in [-0.39, 0.29) is 5.95 Å². The summed E-state index contributed by atoms with van der Waals surface area (Å²) in [5.41, 5.74) is 8.64. The van der Waals surface area contributed by atoms with Crippen LogP contribution in [0.15, 0.2) is 30.5 Å². The maximum Gasteiger partial charge on any atom is 0.220 e. The number of aromatic nitrogens is 2. The van der Waals surface area contributed by atoms with Gasteiger partial charge in [0.2, 0.25) is 17.4 Å². The van der Waals surface area contributed by atoms with Gasteiger partial charge in [0.1, 0.15) is 0 Å². The molecule has 0 radical (unpaired) electrons. The van der Waals surface area contributed by atoms with E-state index in [1.807, 2.05) is 12.1 Å². The molecule has 0 saturated heterocycles. The second-order valence-electron chi connectivity index (χ2n) is 6.32. The lowest BCUT2D eigenvalue weighted by Gasteiger charge is -2.17. The normalized spacial score (nSPS) is 10.4. The largest absolute Gasteiger partial charge is 0.493 e. The summed E-state index contributed by atoms with van der Waals surface area (Å²) in [4.78, 5) is 8.66. The van der Waals surface area contributed by atoms with E-state index in [1.54, 1.807) is 61.0 Å². The minimum atomic E-state index is 0.125. The van der Waals surface area contributed by atoms with E-state index in [9.17, 15) is 0 Å². The van der Waals surface area contributed by atoms with E-state index >= 15 is 0 Å². The first kappa shape index (κ1) is 21.8. The van der Waals surface area contributed by atoms with Gasteiger partial charge in [-0.1, -0.05) is 0 Å². The second kappa shape index (κ2) is 9.29. The molecule has 0 atom stereocenters. The van der Waals surface area contributed by atoms with Crippen molar-refractivity contribution in [3.8, 4) is 56.9 Å². The van der Waals surface area contributed by atoms with Gasteiger partial charge in [-0.2, -0.15) is 0 Å². The minimum absolute atomic E-state index is 0.125. The number of ether oxygens (including phenoxy) is 6. The molecule has 164 valence electrons. The lowest BCUT2D eigenvalue weighted by molar-refractivity contribution is 0.324. The molecule has 0 aliphatic rings. The summed E-state index contributed by atoms with van der Waals surface area (Å²) < 4.78 is 32.8. The monoisotopic (exact) mass is 427 g/mol. The molecule has 9 heteroatoms. The Balaban J connectivity index is 2.29. The Morgan fingerprint density at radius 2 is 1.03 bits per heavy atom. The molecular weight excluding hydrogens is 402 g/mol. The van der Waals surface area contributed by atoms with Crippen LogP contribution in [-0.2, 0) is 0 Å². The number of hydrogen-bond acceptors (Lipinski definition) is 9. The van der Waals surface area contributed by atoms with E-state index in [4.69, 9.17) is 34.2 Å². The third-order valence-electron chi connectivity index (χ3n) is 4.72. The predicted molar refractivity (Wildman–Crippen MR) is 117 cm³/mol. The topological polar surface area (TPSA) is 107 Å². The summed E-state index contributed by atoms with van der Waals surface area (Å²) >= 11 is 0. The lowest BCUT2D eigenvalue weighted by atomic mass is 9.99. The van der Waals surface area contributed by atoms with Crippen LogP contribution in [0.2, 0.25) is 0 Å². The zero-order valence-electron chi connectivity index (χ0n) is 18.3. The summed E-state index contributed by atoms with van der Waals surface area (Å²) in [6, 6.07) is 7.23. The van der Waals surface area contributed by atoms with Crippen molar-refractivity contribution in [2.24, 2.45) is 0 Å². The van der Waals surface area contributed by atoms with E-state index < -0.39 is 0 Å². The molecule has 0 fully saturated rings. The number of nitrogens with zero attached hydrogens (tertiary/aromatic N) is 2. The molecule has 0 unspecified atom stereocenters. The molecule has 0 bridgehead atoms. The van der Waals surface area contributed by atoms with Crippen molar-refractivity contribution in [2.75, 3.05) is 48.4 Å². The Hall–Kier alpha value is -3.88. The molecule has 0 spiro atoms. The number of methoxy groups -OCH3 is 6. The van der Waals surface area contributed by atoms with Gasteiger partial charge < -0.3 is 34.2 Å². The molecule has 0 saturated carbocycles. The summed E-state index contributed by atoms with van der Waals surface area (Å²) in [7, 11) is 9.31. The molecule has 31 heavy (non-hydrogen) atoms. The van der Waals surface area contributed by atoms with E-state index in [2.05, 4.69) is 9.97 Å². The van der Waals surface area contributed by atoms with Gasteiger partial charge in [0.15, 0.2) is 23.0 Å². The van der Waals surface area contributed by atoms with Crippen LogP contribution in [0.1, 0.15) is 0 Å². The van der Waals surface area contributed by atoms with Crippen LogP contribution in [0.4, 0.5) is 5.95 Å². The minimum Gasteiger partial charge on any atom is -0.493 e. The van der Waals surface area contributed by atoms with Crippen molar-refractivity contribution in [3.05, 3.63) is 30.5 Å². The van der Waals surface area contributed by atoms with Crippen molar-refractivity contribution in [1.29, 1.82) is 0 Å². The van der Waals surface area contributed by atoms with E-state index in [0.717, 1.165) is 5.56 Å². The van der Waals surface area contributed by atoms with Gasteiger partial charge in [-0.3, -0.25) is 0 Å². The van der Waals surface area contributed by atoms with Crippen LogP contribution in [0, 0.1) is 0 Å². The van der Waals surface area contributed by atoms with Crippen LogP contribution in [-0.4, -0.2) is 52.6 Å². The molecular formula is C22H25N3O6. The van der Waals surface area contributed by atoms with Gasteiger partial charge in [0, 0.05) is 17.3 Å². The van der Waals surface area contributed by atoms with Gasteiger partial charge in [-0.05, 0) is 29.8 Å². The molecule has 2 aromatic carbocycles. The number of benzene rings is 2. The van der Waals surface area contributed by atoms with Gasteiger partial charge >= 0.3 is 0 Å². The first-order valence-electron chi connectivity index (χ1n) is 9.24. The fourth-order valence-corrected chi connectivity index (χ4v) is 3.28. The van der Waals surface area contributed by atoms with E-state index in [0.29, 0.717) is 51.3 Å². The Kier molecular flexibility index (Phi) is 6.54. The highest BCUT2D eigenvalue weighted by Gasteiger charge is 2.20. The first-order valence-corrected chi connectivity index (χ1v) is 9.24. The highest BCUT2D eigenvalue weighted by atomic mass is 16.5. The molecule has 0 aliphatic heterocycles. The molecule has 3 rings (SSSR count). The van der Waals surface area contributed by atoms with Crippen molar-refractivity contribution < 1.29 is 28.4 Å². The van der Waals surface area contributed by atoms with Gasteiger partial charge in [-0.25, -0.2) is 9.97 Å². The van der Waals surface area contributed by atoms with Crippen molar-refractivity contribution in [3.63, 3.8) is 0 Å². The fourth-order valence-electron chi connectivity index (χ4n) is 3.28. The molecule has 0 amide bonds. The average molecular weight is 427 g/mol. The SMILES string of the molecule is COc1cc(-c2cnc(N)nc2-c2cc(OC)c(OC)c(OC)c2)cc(OC)c1OC. The Morgan fingerprint density at radius 1 is 0.613 bits per heavy atom. The highest BCUT2D eigenvalue weighted by Crippen LogP contribution is 2.45. The van der Waals surface area contributed by atoms with Crippen molar-refractivity contribution in [1.82, 2.24) is 9.97 Å². The van der Waals surface area contributed by atoms with Crippen LogP contribution in [0.25, 0.3) is 22.4 Å². The number of nitrogen functional groups attached to an aromatic ring is 1. The van der Waals surface area contributed by atoms with Crippen LogP contribution in [0.3, 0.4) is 0 Å². The van der Waals surface area contributed by atoms with Gasteiger partial charge in [0.05, 0.1) is 48.4 Å². The summed E-state index contributed by atoms with van der Waals surface area (Å²) in [5, 5.41) is 0. The standard InChI is InChI=1S/C22H25N3O6/c1-26-15-7-12(8-16(27-2)20(15)30-5)14-11-24-22(23)25-19(14)13-9-17(28-3)21(31-6)18(10-13)29-4/h7-11H,1-6H3,(H2,23,24,25). The maximum atomic E-state index is 5.92. The fraction of sp³-hybridized carbons (Fsp3) is 0.273. The highest BCUT2D eigenvalue weighted by molar-refractivity contribution is 5.84. The summed E-state index contributed by atoms with van der Waals surface area (Å²) in [6.07, 6.45) is 1.64. The van der Waals surface area contributed by atoms with Crippen LogP contribution < -0.4 is 34.2 Å². The summed E-state index contributed by atoms with van der Waals surface area (Å²) in [6.45, 7) is 0. The Labute approximate surface area is 180 Å². The smallest absolute Gasteiger partial charge is 0.220 e. The summed E-state index contributed by atoms with van der Waals surface area (Å²) in [5.74, 6) is 3.08. The third-order valence-corrected chi connectivity index (χ3v) is 4.72. The number of rotatable bonds is 8. The molecule has 1 aromatic heterocycles. The number of hydrogen-bond donors (Lipinski definition) is 1. The second-order valence-corrected chi connectivity index (χ2v) is 6.32. The lowest BCUT2D eigenvalue weighted by Crippen LogP contribution is -2.01. The average Bonchev–Trinajstić information content (AvgIpc) is 2.81. The quantitative estimate of drug-likeness (QED) is 0.578. The third kappa shape index (κ3) is 4.07. The molecule has 0 aliphatic carbocycles. The van der Waals surface area contributed by atoms with Crippen molar-refractivity contribution >= 4 is 5.95 Å². The zero-order valence-corrected chi connectivity index (χ0v) is 18.3. The molecule has 3 aromatic rings. The number of anilines is 1. The zero-order chi connectivity index (χ0) is 22.5. The Bertz CT molecular complexity index is 1040. The number of nitrogens with two attached hydrogens (primary N) is 1. The predicted octanol–water partition coefficient (Wildman–Crippen LogP) is 3.44. The van der Waals surface area contributed by atoms with Crippen LogP contribution in [0.5, 0.6) is 34.5 Å². The van der Waals surface area contributed by atoms with E-state index in [1.165, 1.54) is 0 Å². The molecule has 1 heterocycles.